The normalized spacial score (nSPS) is 18.1. The molecule has 0 heterocycles. The summed E-state index contributed by atoms with van der Waals surface area (Å²) in [5, 5.41) is -0.106. The number of hydrogen-bond donors (Lipinski definition) is 1. The van der Waals surface area contributed by atoms with Crippen LogP contribution in [0.1, 0.15) is 26.2 Å². The van der Waals surface area contributed by atoms with Gasteiger partial charge in [0, 0.05) is 19.6 Å². The first-order chi connectivity index (χ1) is 6.12. The van der Waals surface area contributed by atoms with Crippen LogP contribution in [-0.2, 0) is 10.0 Å². The Morgan fingerprint density at radius 2 is 2.00 bits per heavy atom. The van der Waals surface area contributed by atoms with Gasteiger partial charge in [-0.15, -0.1) is 0 Å². The first-order valence-corrected chi connectivity index (χ1v) is 6.32. The van der Waals surface area contributed by atoms with Gasteiger partial charge in [0.2, 0.25) is 10.0 Å². The Labute approximate surface area is 80.1 Å². The van der Waals surface area contributed by atoms with Gasteiger partial charge in [0.1, 0.15) is 0 Å². The fourth-order valence-corrected chi connectivity index (χ4v) is 3.29. The average molecular weight is 206 g/mol. The smallest absolute Gasteiger partial charge is 0.217 e. The van der Waals surface area contributed by atoms with Crippen molar-refractivity contribution in [3.63, 3.8) is 0 Å². The van der Waals surface area contributed by atoms with Crippen LogP contribution in [0.25, 0.3) is 0 Å². The molecule has 5 heteroatoms. The summed E-state index contributed by atoms with van der Waals surface area (Å²) in [6, 6.07) is 0. The Balaban J connectivity index is 2.61. The van der Waals surface area contributed by atoms with Gasteiger partial charge >= 0.3 is 0 Å². The first-order valence-electron chi connectivity index (χ1n) is 4.82. The second-order valence-corrected chi connectivity index (χ2v) is 5.65. The van der Waals surface area contributed by atoms with E-state index in [9.17, 15) is 8.42 Å². The maximum Gasteiger partial charge on any atom is 0.217 e. The minimum absolute atomic E-state index is 0.106. The van der Waals surface area contributed by atoms with Gasteiger partial charge in [-0.1, -0.05) is 6.92 Å². The lowest BCUT2D eigenvalue weighted by atomic mass is 10.5. The molecule has 0 aromatic rings. The highest BCUT2D eigenvalue weighted by molar-refractivity contribution is 7.90. The van der Waals surface area contributed by atoms with Crippen molar-refractivity contribution in [3.05, 3.63) is 0 Å². The molecule has 0 aromatic carbocycles. The molecular formula is C8H18N2O2S. The molecule has 1 rings (SSSR count). The van der Waals surface area contributed by atoms with E-state index in [4.69, 9.17) is 5.73 Å². The largest absolute Gasteiger partial charge is 0.329 e. The Hall–Kier alpha value is -0.130. The molecule has 0 aromatic heterocycles. The molecule has 78 valence electrons. The summed E-state index contributed by atoms with van der Waals surface area (Å²) < 4.78 is 25.0. The minimum atomic E-state index is -3.00. The lowest BCUT2D eigenvalue weighted by Crippen LogP contribution is -2.38. The van der Waals surface area contributed by atoms with Crippen molar-refractivity contribution in [2.75, 3.05) is 19.6 Å². The Kier molecular flexibility index (Phi) is 3.70. The monoisotopic (exact) mass is 206 g/mol. The van der Waals surface area contributed by atoms with Crippen molar-refractivity contribution in [2.45, 2.75) is 31.4 Å². The van der Waals surface area contributed by atoms with E-state index in [0.717, 1.165) is 19.3 Å². The molecule has 0 amide bonds. The number of nitrogens with zero attached hydrogens (tertiary/aromatic N) is 1. The summed E-state index contributed by atoms with van der Waals surface area (Å²) in [5.41, 5.74) is 5.37. The van der Waals surface area contributed by atoms with Crippen LogP contribution in [0.4, 0.5) is 0 Å². The molecule has 0 spiro atoms. The van der Waals surface area contributed by atoms with Crippen LogP contribution >= 0.6 is 0 Å². The predicted molar refractivity (Wildman–Crippen MR) is 52.9 cm³/mol. The van der Waals surface area contributed by atoms with Crippen LogP contribution in [0.3, 0.4) is 0 Å². The van der Waals surface area contributed by atoms with E-state index >= 15 is 0 Å². The Morgan fingerprint density at radius 1 is 1.38 bits per heavy atom. The van der Waals surface area contributed by atoms with Crippen LogP contribution in [-0.4, -0.2) is 37.6 Å². The molecule has 0 unspecified atom stereocenters. The summed E-state index contributed by atoms with van der Waals surface area (Å²) in [6.45, 7) is 3.46. The molecular weight excluding hydrogens is 188 g/mol. The highest BCUT2D eigenvalue weighted by Crippen LogP contribution is 2.30. The van der Waals surface area contributed by atoms with E-state index in [-0.39, 0.29) is 5.25 Å². The van der Waals surface area contributed by atoms with Crippen LogP contribution in [0, 0.1) is 0 Å². The van der Waals surface area contributed by atoms with E-state index in [0.29, 0.717) is 19.6 Å². The Morgan fingerprint density at radius 3 is 2.38 bits per heavy atom. The summed E-state index contributed by atoms with van der Waals surface area (Å²) >= 11 is 0. The van der Waals surface area contributed by atoms with Crippen molar-refractivity contribution in [2.24, 2.45) is 5.73 Å². The third-order valence-electron chi connectivity index (χ3n) is 2.16. The minimum Gasteiger partial charge on any atom is -0.329 e. The second kappa shape index (κ2) is 4.39. The van der Waals surface area contributed by atoms with Gasteiger partial charge in [0.05, 0.1) is 5.25 Å². The molecule has 1 aliphatic carbocycles. The summed E-state index contributed by atoms with van der Waals surface area (Å²) in [6.07, 6.45) is 2.51. The van der Waals surface area contributed by atoms with E-state index in [2.05, 4.69) is 0 Å². The van der Waals surface area contributed by atoms with Gasteiger partial charge in [0.25, 0.3) is 0 Å². The van der Waals surface area contributed by atoms with Crippen molar-refractivity contribution in [3.8, 4) is 0 Å². The molecule has 1 saturated carbocycles. The fraction of sp³-hybridized carbons (Fsp3) is 1.00. The Bertz CT molecular complexity index is 241. The van der Waals surface area contributed by atoms with Crippen molar-refractivity contribution < 1.29 is 8.42 Å². The third-order valence-corrected chi connectivity index (χ3v) is 4.56. The summed E-state index contributed by atoms with van der Waals surface area (Å²) in [5.74, 6) is 0. The topological polar surface area (TPSA) is 63.4 Å². The number of sulfonamides is 1. The van der Waals surface area contributed by atoms with Gasteiger partial charge in [-0.25, -0.2) is 12.7 Å². The molecule has 1 fully saturated rings. The fourth-order valence-electron chi connectivity index (χ4n) is 1.34. The van der Waals surface area contributed by atoms with Gasteiger partial charge in [-0.2, -0.15) is 0 Å². The predicted octanol–water partition coefficient (Wildman–Crippen LogP) is 0.149. The molecule has 0 radical (unpaired) electrons. The van der Waals surface area contributed by atoms with E-state index < -0.39 is 10.0 Å². The van der Waals surface area contributed by atoms with E-state index in [1.165, 1.54) is 4.31 Å². The molecule has 0 aliphatic heterocycles. The number of hydrogen-bond acceptors (Lipinski definition) is 3. The van der Waals surface area contributed by atoms with Crippen LogP contribution in [0.2, 0.25) is 0 Å². The maximum atomic E-state index is 11.7. The van der Waals surface area contributed by atoms with Gasteiger partial charge in [-0.3, -0.25) is 0 Å². The van der Waals surface area contributed by atoms with E-state index in [1.54, 1.807) is 0 Å². The van der Waals surface area contributed by atoms with Crippen LogP contribution in [0.5, 0.6) is 0 Å². The highest BCUT2D eigenvalue weighted by Gasteiger charge is 2.39. The van der Waals surface area contributed by atoms with Gasteiger partial charge in [0.15, 0.2) is 0 Å². The third kappa shape index (κ3) is 2.65. The van der Waals surface area contributed by atoms with Crippen molar-refractivity contribution in [1.82, 2.24) is 4.31 Å². The van der Waals surface area contributed by atoms with Crippen molar-refractivity contribution in [1.29, 1.82) is 0 Å². The molecule has 0 saturated heterocycles. The quantitative estimate of drug-likeness (QED) is 0.673. The van der Waals surface area contributed by atoms with Gasteiger partial charge in [-0.05, 0) is 19.3 Å². The first kappa shape index (κ1) is 10.9. The zero-order valence-corrected chi connectivity index (χ0v) is 8.89. The number of nitrogens with two attached hydrogens (primary N) is 1. The standard InChI is InChI=1S/C8H18N2O2S/c1-2-6-10(7-5-9)13(11,12)8-3-4-8/h8H,2-7,9H2,1H3. The molecule has 1 aliphatic rings. The van der Waals surface area contributed by atoms with Crippen LogP contribution < -0.4 is 5.73 Å². The lowest BCUT2D eigenvalue weighted by Gasteiger charge is -2.20. The molecule has 0 atom stereocenters. The van der Waals surface area contributed by atoms with Crippen LogP contribution in [0.15, 0.2) is 0 Å². The second-order valence-electron chi connectivity index (χ2n) is 3.43. The molecule has 4 nitrogen and oxygen atoms in total. The molecule has 2 N–H and O–H groups in total. The molecule has 0 bridgehead atoms. The van der Waals surface area contributed by atoms with Crippen molar-refractivity contribution >= 4 is 10.0 Å². The van der Waals surface area contributed by atoms with Gasteiger partial charge < -0.3 is 5.73 Å². The molecule has 13 heavy (non-hydrogen) atoms. The SMILES string of the molecule is CCCN(CCN)S(=O)(=O)C1CC1. The number of rotatable bonds is 6. The maximum absolute atomic E-state index is 11.7. The zero-order chi connectivity index (χ0) is 9.90. The summed E-state index contributed by atoms with van der Waals surface area (Å²) in [4.78, 5) is 0. The zero-order valence-electron chi connectivity index (χ0n) is 8.07. The average Bonchev–Trinajstić information content (AvgIpc) is 2.86. The van der Waals surface area contributed by atoms with E-state index in [1.807, 2.05) is 6.92 Å². The highest BCUT2D eigenvalue weighted by atomic mass is 32.2. The summed E-state index contributed by atoms with van der Waals surface area (Å²) in [7, 11) is -3.00. The lowest BCUT2D eigenvalue weighted by molar-refractivity contribution is 0.417.